The van der Waals surface area contributed by atoms with E-state index in [0.717, 1.165) is 6.07 Å². The highest BCUT2D eigenvalue weighted by Gasteiger charge is 2.42. The van der Waals surface area contributed by atoms with E-state index < -0.39 is 39.9 Å². The van der Waals surface area contributed by atoms with Crippen LogP contribution < -0.4 is 10.6 Å². The highest BCUT2D eigenvalue weighted by Crippen LogP contribution is 2.40. The summed E-state index contributed by atoms with van der Waals surface area (Å²) in [5.41, 5.74) is -2.34. The smallest absolute Gasteiger partial charge is 0.416 e. The molecule has 0 radical (unpaired) electrons. The molecule has 206 valence electrons. The summed E-state index contributed by atoms with van der Waals surface area (Å²) < 4.78 is 59.3. The third kappa shape index (κ3) is 6.75. The maximum Gasteiger partial charge on any atom is 0.416 e. The van der Waals surface area contributed by atoms with Crippen LogP contribution >= 0.6 is 23.8 Å². The summed E-state index contributed by atoms with van der Waals surface area (Å²) in [6.07, 6.45) is -5.34. The van der Waals surface area contributed by atoms with Crippen LogP contribution in [0.15, 0.2) is 91.1 Å². The highest BCUT2D eigenvalue weighted by atomic mass is 35.5. The number of carbonyl (C=O) groups is 1. The van der Waals surface area contributed by atoms with Crippen molar-refractivity contribution in [1.82, 2.24) is 15.6 Å². The summed E-state index contributed by atoms with van der Waals surface area (Å²) in [6, 6.07) is 21.5. The fourth-order valence-corrected chi connectivity index (χ4v) is 4.83. The summed E-state index contributed by atoms with van der Waals surface area (Å²) >= 11 is 11.3. The molecule has 3 aromatic carbocycles. The van der Waals surface area contributed by atoms with Crippen LogP contribution in [-0.2, 0) is 24.6 Å². The lowest BCUT2D eigenvalue weighted by Gasteiger charge is -2.37. The van der Waals surface area contributed by atoms with Gasteiger partial charge in [-0.15, -0.1) is 0 Å². The number of rotatable bonds is 7. The van der Waals surface area contributed by atoms with Gasteiger partial charge in [0, 0.05) is 24.6 Å². The second-order valence-corrected chi connectivity index (χ2v) is 9.82. The minimum Gasteiger partial charge on any atom is -0.465 e. The molecule has 0 spiro atoms. The predicted molar refractivity (Wildman–Crippen MR) is 148 cm³/mol. The number of nitrogens with zero attached hydrogens (tertiary/aromatic N) is 1. The largest absolute Gasteiger partial charge is 0.465 e. The topological polar surface area (TPSA) is 74.2 Å². The number of amides is 1. The average Bonchev–Trinajstić information content (AvgIpc) is 2.90. The van der Waals surface area contributed by atoms with Crippen molar-refractivity contribution >= 4 is 35.0 Å². The van der Waals surface area contributed by atoms with E-state index in [2.05, 4.69) is 10.3 Å². The molecule has 0 fully saturated rings. The Hall–Kier alpha value is -4.02. The maximum atomic E-state index is 16.6. The van der Waals surface area contributed by atoms with Gasteiger partial charge in [-0.2, -0.15) is 13.2 Å². The van der Waals surface area contributed by atoms with Crippen LogP contribution in [0.4, 0.5) is 22.4 Å². The van der Waals surface area contributed by atoms with Gasteiger partial charge in [-0.3, -0.25) is 10.3 Å². The Labute approximate surface area is 237 Å². The first-order chi connectivity index (χ1) is 19.0. The quantitative estimate of drug-likeness (QED) is 0.159. The zero-order valence-corrected chi connectivity index (χ0v) is 22.2. The van der Waals surface area contributed by atoms with Crippen molar-refractivity contribution in [2.24, 2.45) is 0 Å². The van der Waals surface area contributed by atoms with Crippen molar-refractivity contribution in [3.05, 3.63) is 135 Å². The van der Waals surface area contributed by atoms with Crippen LogP contribution in [0, 0.1) is 5.82 Å². The number of aromatic nitrogens is 1. The van der Waals surface area contributed by atoms with Gasteiger partial charge in [-0.1, -0.05) is 72.3 Å². The lowest BCUT2D eigenvalue weighted by Crippen LogP contribution is -2.54. The molecule has 1 amide bonds. The molecule has 0 bridgehead atoms. The normalized spacial score (nSPS) is 12.8. The van der Waals surface area contributed by atoms with Gasteiger partial charge in [0.25, 0.3) is 0 Å². The first-order valence-electron chi connectivity index (χ1n) is 11.9. The van der Waals surface area contributed by atoms with Crippen LogP contribution in [0.1, 0.15) is 33.5 Å². The van der Waals surface area contributed by atoms with E-state index in [4.69, 9.17) is 23.8 Å². The Kier molecular flexibility index (Phi) is 8.70. The van der Waals surface area contributed by atoms with Crippen LogP contribution in [0.3, 0.4) is 0 Å². The van der Waals surface area contributed by atoms with Crippen LogP contribution in [-0.4, -0.2) is 21.3 Å². The van der Waals surface area contributed by atoms with Crippen molar-refractivity contribution in [2.45, 2.75) is 24.6 Å². The SMILES string of the molecule is O=C(O)NC(=S)NC(Cc1ccccc1)(c1ccc(Cl)cn1)c1cc(C(F)(F)F)cc(Cc2ccccc2)c1F. The van der Waals surface area contributed by atoms with Gasteiger partial charge < -0.3 is 10.4 Å². The number of alkyl halides is 3. The molecule has 3 N–H and O–H groups in total. The molecule has 4 aromatic rings. The molecule has 5 nitrogen and oxygen atoms in total. The second kappa shape index (κ2) is 12.0. The Morgan fingerprint density at radius 1 is 0.950 bits per heavy atom. The zero-order valence-electron chi connectivity index (χ0n) is 20.7. The fourth-order valence-electron chi connectivity index (χ4n) is 4.46. The number of benzene rings is 3. The van der Waals surface area contributed by atoms with Crippen molar-refractivity contribution in [1.29, 1.82) is 0 Å². The molecule has 0 aliphatic carbocycles. The van der Waals surface area contributed by atoms with Gasteiger partial charge in [-0.25, -0.2) is 9.18 Å². The molecule has 11 heteroatoms. The second-order valence-electron chi connectivity index (χ2n) is 8.97. The minimum absolute atomic E-state index is 0.0687. The molecule has 0 aliphatic rings. The Morgan fingerprint density at radius 2 is 1.57 bits per heavy atom. The van der Waals surface area contributed by atoms with E-state index in [1.807, 2.05) is 5.32 Å². The number of thiocarbonyl (C=S) groups is 1. The number of hydrogen-bond donors (Lipinski definition) is 3. The first kappa shape index (κ1) is 29.0. The first-order valence-corrected chi connectivity index (χ1v) is 12.7. The molecule has 1 aromatic heterocycles. The van der Waals surface area contributed by atoms with Gasteiger partial charge in [0.1, 0.15) is 11.4 Å². The van der Waals surface area contributed by atoms with Gasteiger partial charge in [0.15, 0.2) is 5.11 Å². The van der Waals surface area contributed by atoms with E-state index in [1.54, 1.807) is 60.7 Å². The lowest BCUT2D eigenvalue weighted by molar-refractivity contribution is -0.137. The van der Waals surface area contributed by atoms with Crippen LogP contribution in [0.5, 0.6) is 0 Å². The number of hydrogen-bond acceptors (Lipinski definition) is 3. The highest BCUT2D eigenvalue weighted by molar-refractivity contribution is 7.80. The molecule has 0 saturated heterocycles. The fraction of sp³-hybridized carbons (Fsp3) is 0.138. The van der Waals surface area contributed by atoms with E-state index in [-0.39, 0.29) is 29.1 Å². The Morgan fingerprint density at radius 3 is 2.12 bits per heavy atom. The summed E-state index contributed by atoms with van der Waals surface area (Å²) in [5.74, 6) is -0.921. The van der Waals surface area contributed by atoms with E-state index in [9.17, 15) is 23.1 Å². The van der Waals surface area contributed by atoms with E-state index in [0.29, 0.717) is 17.2 Å². The zero-order chi connectivity index (χ0) is 28.9. The Bertz CT molecular complexity index is 1500. The van der Waals surface area contributed by atoms with Crippen LogP contribution in [0.25, 0.3) is 0 Å². The molecule has 1 unspecified atom stereocenters. The number of nitrogens with one attached hydrogen (secondary N) is 2. The average molecular weight is 588 g/mol. The summed E-state index contributed by atoms with van der Waals surface area (Å²) in [4.78, 5) is 15.7. The summed E-state index contributed by atoms with van der Waals surface area (Å²) in [5, 5.41) is 13.8. The third-order valence-electron chi connectivity index (χ3n) is 6.20. The molecule has 0 saturated carbocycles. The van der Waals surface area contributed by atoms with Gasteiger partial charge in [0.05, 0.1) is 16.3 Å². The molecular weight excluding hydrogens is 566 g/mol. The van der Waals surface area contributed by atoms with Gasteiger partial charge in [0.2, 0.25) is 0 Å². The van der Waals surface area contributed by atoms with Crippen molar-refractivity contribution < 1.29 is 27.5 Å². The van der Waals surface area contributed by atoms with E-state index in [1.165, 1.54) is 18.3 Å². The van der Waals surface area contributed by atoms with Crippen molar-refractivity contribution in [3.63, 3.8) is 0 Å². The van der Waals surface area contributed by atoms with E-state index >= 15 is 4.39 Å². The molecule has 1 atom stereocenters. The molecule has 4 rings (SSSR count). The third-order valence-corrected chi connectivity index (χ3v) is 6.62. The van der Waals surface area contributed by atoms with Crippen molar-refractivity contribution in [2.75, 3.05) is 0 Å². The number of carboxylic acid groups (broad SMARTS) is 1. The minimum atomic E-state index is -4.82. The van der Waals surface area contributed by atoms with Crippen molar-refractivity contribution in [3.8, 4) is 0 Å². The summed E-state index contributed by atoms with van der Waals surface area (Å²) in [7, 11) is 0. The lowest BCUT2D eigenvalue weighted by atomic mass is 9.78. The summed E-state index contributed by atoms with van der Waals surface area (Å²) in [6.45, 7) is 0. The monoisotopic (exact) mass is 587 g/mol. The number of halogens is 5. The molecular formula is C29H22ClF4N3O2S. The maximum absolute atomic E-state index is 16.6. The van der Waals surface area contributed by atoms with Crippen LogP contribution in [0.2, 0.25) is 5.02 Å². The van der Waals surface area contributed by atoms with Gasteiger partial charge in [-0.05, 0) is 53.2 Å². The van der Waals surface area contributed by atoms with Gasteiger partial charge >= 0.3 is 12.3 Å². The number of pyridine rings is 1. The molecule has 0 aliphatic heterocycles. The Balaban J connectivity index is 2.04. The standard InChI is InChI=1S/C29H22ClF4N3O2S/c30-22-11-12-24(35-17-22)28(37-26(40)36-27(38)39,16-19-9-5-2-6-10-19)23-15-21(29(32,33)34)14-20(25(23)31)13-18-7-3-1-4-8-18/h1-12,14-15,17H,13,16H2,(H,38,39)(H2,36,37,40). The molecule has 1 heterocycles. The molecule has 40 heavy (non-hydrogen) atoms. The predicted octanol–water partition coefficient (Wildman–Crippen LogP) is 7.11.